The molecule has 1 aliphatic heterocycles. The van der Waals surface area contributed by atoms with Crippen LogP contribution in [0.4, 0.5) is 0 Å². The molecule has 2 N–H and O–H groups in total. The van der Waals surface area contributed by atoms with Crippen LogP contribution in [0.3, 0.4) is 0 Å². The number of rotatable bonds is 3. The number of nitrogens with zero attached hydrogens (tertiary/aromatic N) is 1. The van der Waals surface area contributed by atoms with Crippen molar-refractivity contribution in [2.75, 3.05) is 19.6 Å². The Kier molecular flexibility index (Phi) is 3.44. The van der Waals surface area contributed by atoms with Gasteiger partial charge < -0.3 is 10.2 Å². The van der Waals surface area contributed by atoms with E-state index < -0.39 is 0 Å². The van der Waals surface area contributed by atoms with Gasteiger partial charge in [0.1, 0.15) is 5.76 Å². The van der Waals surface area contributed by atoms with Crippen molar-refractivity contribution in [1.29, 1.82) is 0 Å². The van der Waals surface area contributed by atoms with Gasteiger partial charge in [-0.05, 0) is 50.9 Å². The van der Waals surface area contributed by atoms with E-state index in [-0.39, 0.29) is 0 Å². The fraction of sp³-hybridized carbons (Fsp3) is 0.667. The molecule has 0 radical (unpaired) electrons. The largest absolute Gasteiger partial charge is 0.468 e. The van der Waals surface area contributed by atoms with Gasteiger partial charge in [0.05, 0.1) is 12.3 Å². The summed E-state index contributed by atoms with van der Waals surface area (Å²) in [5.41, 5.74) is 5.73. The Hall–Kier alpha value is -0.800. The van der Waals surface area contributed by atoms with E-state index in [1.165, 1.54) is 19.4 Å². The van der Waals surface area contributed by atoms with Gasteiger partial charge in [-0.2, -0.15) is 0 Å². The van der Waals surface area contributed by atoms with Crippen molar-refractivity contribution in [2.24, 2.45) is 11.7 Å². The second-order valence-corrected chi connectivity index (χ2v) is 4.43. The van der Waals surface area contributed by atoms with E-state index in [0.717, 1.165) is 18.8 Å². The van der Waals surface area contributed by atoms with E-state index in [0.29, 0.717) is 12.0 Å². The summed E-state index contributed by atoms with van der Waals surface area (Å²) in [7, 11) is 0. The van der Waals surface area contributed by atoms with Gasteiger partial charge in [-0.1, -0.05) is 0 Å². The minimum absolute atomic E-state index is 0.384. The normalized spacial score (nSPS) is 25.3. The van der Waals surface area contributed by atoms with Crippen LogP contribution in [0.25, 0.3) is 0 Å². The fourth-order valence-corrected chi connectivity index (χ4v) is 2.35. The van der Waals surface area contributed by atoms with E-state index in [1.54, 1.807) is 6.26 Å². The minimum atomic E-state index is 0.384. The number of furan rings is 1. The lowest BCUT2D eigenvalue weighted by atomic mass is 9.97. The lowest BCUT2D eigenvalue weighted by Crippen LogP contribution is -2.39. The van der Waals surface area contributed by atoms with Crippen molar-refractivity contribution >= 4 is 0 Å². The van der Waals surface area contributed by atoms with Crippen LogP contribution in [0.1, 0.15) is 31.6 Å². The standard InChI is InChI=1S/C12H20N2O/c1-10(12-5-3-7-15-12)14-6-2-4-11(8-13)9-14/h3,5,7,10-11H,2,4,6,8-9,13H2,1H3/t10-,11+/m0/s1. The molecule has 2 rings (SSSR count). The highest BCUT2D eigenvalue weighted by molar-refractivity contribution is 5.04. The summed E-state index contributed by atoms with van der Waals surface area (Å²) in [5, 5.41) is 0. The molecule has 84 valence electrons. The van der Waals surface area contributed by atoms with Crippen LogP contribution in [-0.2, 0) is 0 Å². The molecule has 15 heavy (non-hydrogen) atoms. The quantitative estimate of drug-likeness (QED) is 0.826. The monoisotopic (exact) mass is 208 g/mol. The first kappa shape index (κ1) is 10.7. The summed E-state index contributed by atoms with van der Waals surface area (Å²) in [6.45, 7) is 5.29. The van der Waals surface area contributed by atoms with Crippen LogP contribution >= 0.6 is 0 Å². The number of hydrogen-bond donors (Lipinski definition) is 1. The molecule has 0 amide bonds. The second-order valence-electron chi connectivity index (χ2n) is 4.43. The molecule has 2 heterocycles. The van der Waals surface area contributed by atoms with Gasteiger partial charge in [-0.3, -0.25) is 4.90 Å². The third-order valence-electron chi connectivity index (χ3n) is 3.39. The molecule has 1 fully saturated rings. The molecule has 0 aromatic carbocycles. The molecule has 0 unspecified atom stereocenters. The van der Waals surface area contributed by atoms with Gasteiger partial charge in [-0.25, -0.2) is 0 Å². The van der Waals surface area contributed by atoms with Crippen molar-refractivity contribution in [3.8, 4) is 0 Å². The molecule has 3 nitrogen and oxygen atoms in total. The maximum Gasteiger partial charge on any atom is 0.120 e. The summed E-state index contributed by atoms with van der Waals surface area (Å²) in [6, 6.07) is 4.39. The van der Waals surface area contributed by atoms with E-state index in [4.69, 9.17) is 10.2 Å². The SMILES string of the molecule is C[C@@H](c1ccco1)N1CCC[C@H](CN)C1. The van der Waals surface area contributed by atoms with Gasteiger partial charge in [0, 0.05) is 6.54 Å². The number of hydrogen-bond acceptors (Lipinski definition) is 3. The predicted molar refractivity (Wildman–Crippen MR) is 60.5 cm³/mol. The Morgan fingerprint density at radius 2 is 2.53 bits per heavy atom. The average molecular weight is 208 g/mol. The highest BCUT2D eigenvalue weighted by atomic mass is 16.3. The molecular formula is C12H20N2O. The Labute approximate surface area is 91.2 Å². The molecular weight excluding hydrogens is 188 g/mol. The minimum Gasteiger partial charge on any atom is -0.468 e. The van der Waals surface area contributed by atoms with Crippen LogP contribution in [0, 0.1) is 5.92 Å². The lowest BCUT2D eigenvalue weighted by molar-refractivity contribution is 0.121. The molecule has 0 bridgehead atoms. The number of nitrogens with two attached hydrogens (primary N) is 1. The molecule has 0 aliphatic carbocycles. The molecule has 3 heteroatoms. The summed E-state index contributed by atoms with van der Waals surface area (Å²) in [5.74, 6) is 1.73. The smallest absolute Gasteiger partial charge is 0.120 e. The third-order valence-corrected chi connectivity index (χ3v) is 3.39. The van der Waals surface area contributed by atoms with Crippen molar-refractivity contribution in [3.63, 3.8) is 0 Å². The van der Waals surface area contributed by atoms with Crippen LogP contribution in [0.2, 0.25) is 0 Å². The van der Waals surface area contributed by atoms with E-state index in [2.05, 4.69) is 17.9 Å². The number of likely N-dealkylation sites (tertiary alicyclic amines) is 1. The van der Waals surface area contributed by atoms with Gasteiger partial charge in [0.15, 0.2) is 0 Å². The van der Waals surface area contributed by atoms with Crippen molar-refractivity contribution < 1.29 is 4.42 Å². The third kappa shape index (κ3) is 2.41. The van der Waals surface area contributed by atoms with Gasteiger partial charge in [0.2, 0.25) is 0 Å². The lowest BCUT2D eigenvalue weighted by Gasteiger charge is -2.35. The molecule has 1 saturated heterocycles. The maximum absolute atomic E-state index is 5.73. The molecule has 1 aromatic heterocycles. The first-order chi connectivity index (χ1) is 7.31. The highest BCUT2D eigenvalue weighted by Crippen LogP contribution is 2.26. The van der Waals surface area contributed by atoms with Crippen LogP contribution in [-0.4, -0.2) is 24.5 Å². The first-order valence-corrected chi connectivity index (χ1v) is 5.78. The highest BCUT2D eigenvalue weighted by Gasteiger charge is 2.24. The Bertz CT molecular complexity index is 284. The molecule has 1 aliphatic rings. The number of piperidine rings is 1. The summed E-state index contributed by atoms with van der Waals surface area (Å²) >= 11 is 0. The maximum atomic E-state index is 5.73. The van der Waals surface area contributed by atoms with Crippen LogP contribution in [0.15, 0.2) is 22.8 Å². The van der Waals surface area contributed by atoms with Crippen LogP contribution < -0.4 is 5.73 Å². The average Bonchev–Trinajstić information content (AvgIpc) is 2.81. The zero-order valence-electron chi connectivity index (χ0n) is 9.36. The van der Waals surface area contributed by atoms with Gasteiger partial charge in [-0.15, -0.1) is 0 Å². The zero-order chi connectivity index (χ0) is 10.7. The Morgan fingerprint density at radius 1 is 1.67 bits per heavy atom. The van der Waals surface area contributed by atoms with Gasteiger partial charge in [0.25, 0.3) is 0 Å². The van der Waals surface area contributed by atoms with Crippen LogP contribution in [0.5, 0.6) is 0 Å². The van der Waals surface area contributed by atoms with E-state index in [9.17, 15) is 0 Å². The second kappa shape index (κ2) is 4.81. The van der Waals surface area contributed by atoms with Gasteiger partial charge >= 0.3 is 0 Å². The molecule has 1 aromatic rings. The van der Waals surface area contributed by atoms with Crippen molar-refractivity contribution in [2.45, 2.75) is 25.8 Å². The predicted octanol–water partition coefficient (Wildman–Crippen LogP) is 2.01. The fourth-order valence-electron chi connectivity index (χ4n) is 2.35. The summed E-state index contributed by atoms with van der Waals surface area (Å²) in [6.07, 6.45) is 4.28. The zero-order valence-corrected chi connectivity index (χ0v) is 9.36. The summed E-state index contributed by atoms with van der Waals surface area (Å²) < 4.78 is 5.44. The van der Waals surface area contributed by atoms with E-state index in [1.807, 2.05) is 6.07 Å². The Balaban J connectivity index is 1.98. The Morgan fingerprint density at radius 3 is 3.20 bits per heavy atom. The molecule has 0 saturated carbocycles. The van der Waals surface area contributed by atoms with E-state index >= 15 is 0 Å². The molecule has 0 spiro atoms. The summed E-state index contributed by atoms with van der Waals surface area (Å²) in [4.78, 5) is 2.47. The molecule has 2 atom stereocenters. The van der Waals surface area contributed by atoms with Crippen molar-refractivity contribution in [3.05, 3.63) is 24.2 Å². The topological polar surface area (TPSA) is 42.4 Å². The van der Waals surface area contributed by atoms with Crippen molar-refractivity contribution in [1.82, 2.24) is 4.90 Å². The first-order valence-electron chi connectivity index (χ1n) is 5.78.